The number of carbonyl (C=O) groups is 2. The van der Waals surface area contributed by atoms with Crippen molar-refractivity contribution in [3.63, 3.8) is 0 Å². The summed E-state index contributed by atoms with van der Waals surface area (Å²) < 4.78 is 5.77. The molecule has 120 valence electrons. The fourth-order valence-corrected chi connectivity index (χ4v) is 2.55. The maximum absolute atomic E-state index is 12.5. The summed E-state index contributed by atoms with van der Waals surface area (Å²) in [4.78, 5) is 29.1. The standard InChI is InChI=1S/C16H22N2O4/c1-2-11-22-12-5-4-9-18(10-8-12)15(19)13-6-3-7-14(17-13)16(20)21/h3,6-7,12H,2,4-5,8-11H2,1H3,(H,20,21). The van der Waals surface area contributed by atoms with Gasteiger partial charge in [-0.2, -0.15) is 0 Å². The van der Waals surface area contributed by atoms with Crippen molar-refractivity contribution in [1.29, 1.82) is 0 Å². The third-order valence-corrected chi connectivity index (χ3v) is 3.71. The Kier molecular flexibility index (Phi) is 5.89. The molecule has 1 aromatic rings. The topological polar surface area (TPSA) is 79.7 Å². The van der Waals surface area contributed by atoms with Gasteiger partial charge in [-0.15, -0.1) is 0 Å². The van der Waals surface area contributed by atoms with Crippen molar-refractivity contribution in [3.05, 3.63) is 29.6 Å². The van der Waals surface area contributed by atoms with Gasteiger partial charge < -0.3 is 14.7 Å². The van der Waals surface area contributed by atoms with Crippen molar-refractivity contribution in [3.8, 4) is 0 Å². The van der Waals surface area contributed by atoms with E-state index in [2.05, 4.69) is 11.9 Å². The highest BCUT2D eigenvalue weighted by atomic mass is 16.5. The number of hydrogen-bond acceptors (Lipinski definition) is 4. The van der Waals surface area contributed by atoms with E-state index in [-0.39, 0.29) is 23.4 Å². The van der Waals surface area contributed by atoms with E-state index in [1.807, 2.05) is 0 Å². The molecule has 1 N–H and O–H groups in total. The largest absolute Gasteiger partial charge is 0.477 e. The van der Waals surface area contributed by atoms with Gasteiger partial charge in [-0.1, -0.05) is 13.0 Å². The van der Waals surface area contributed by atoms with Crippen LogP contribution in [0.25, 0.3) is 0 Å². The number of ether oxygens (including phenoxy) is 1. The van der Waals surface area contributed by atoms with E-state index in [1.54, 1.807) is 17.0 Å². The lowest BCUT2D eigenvalue weighted by molar-refractivity contribution is 0.0432. The summed E-state index contributed by atoms with van der Waals surface area (Å²) in [5, 5.41) is 8.96. The molecule has 1 aromatic heterocycles. The zero-order chi connectivity index (χ0) is 15.9. The Labute approximate surface area is 130 Å². The van der Waals surface area contributed by atoms with E-state index in [1.165, 1.54) is 6.07 Å². The number of aromatic nitrogens is 1. The number of carboxylic acids is 1. The van der Waals surface area contributed by atoms with Crippen LogP contribution in [0.1, 0.15) is 53.6 Å². The molecule has 0 saturated carbocycles. The maximum atomic E-state index is 12.5. The molecule has 1 amide bonds. The summed E-state index contributed by atoms with van der Waals surface area (Å²) in [5.41, 5.74) is 0.0812. The smallest absolute Gasteiger partial charge is 0.354 e. The van der Waals surface area contributed by atoms with Crippen molar-refractivity contribution in [2.45, 2.75) is 38.7 Å². The van der Waals surface area contributed by atoms with Crippen molar-refractivity contribution in [2.75, 3.05) is 19.7 Å². The van der Waals surface area contributed by atoms with Crippen molar-refractivity contribution in [2.24, 2.45) is 0 Å². The highest BCUT2D eigenvalue weighted by Gasteiger charge is 2.23. The predicted octanol–water partition coefficient (Wildman–Crippen LogP) is 2.20. The van der Waals surface area contributed by atoms with E-state index in [0.717, 1.165) is 32.3 Å². The Morgan fingerprint density at radius 3 is 2.82 bits per heavy atom. The molecule has 0 radical (unpaired) electrons. The SMILES string of the molecule is CCCOC1CCCN(C(=O)c2cccc(C(=O)O)n2)CC1. The van der Waals surface area contributed by atoms with Crippen molar-refractivity contribution >= 4 is 11.9 Å². The highest BCUT2D eigenvalue weighted by molar-refractivity contribution is 5.94. The Bertz CT molecular complexity index is 533. The third kappa shape index (κ3) is 4.27. The van der Waals surface area contributed by atoms with E-state index in [0.29, 0.717) is 13.1 Å². The monoisotopic (exact) mass is 306 g/mol. The summed E-state index contributed by atoms with van der Waals surface area (Å²) >= 11 is 0. The van der Waals surface area contributed by atoms with Crippen LogP contribution in [-0.2, 0) is 4.74 Å². The lowest BCUT2D eigenvalue weighted by Gasteiger charge is -2.20. The first-order valence-corrected chi connectivity index (χ1v) is 7.73. The van der Waals surface area contributed by atoms with Crippen LogP contribution in [-0.4, -0.2) is 52.7 Å². The van der Waals surface area contributed by atoms with Crippen LogP contribution in [0.5, 0.6) is 0 Å². The highest BCUT2D eigenvalue weighted by Crippen LogP contribution is 2.16. The summed E-state index contributed by atoms with van der Waals surface area (Å²) in [5.74, 6) is -1.34. The van der Waals surface area contributed by atoms with Gasteiger partial charge in [0, 0.05) is 19.7 Å². The summed E-state index contributed by atoms with van der Waals surface area (Å²) in [7, 11) is 0. The van der Waals surface area contributed by atoms with Crippen LogP contribution in [0.4, 0.5) is 0 Å². The molecule has 1 fully saturated rings. The van der Waals surface area contributed by atoms with Gasteiger partial charge >= 0.3 is 5.97 Å². The van der Waals surface area contributed by atoms with E-state index in [4.69, 9.17) is 9.84 Å². The maximum Gasteiger partial charge on any atom is 0.354 e. The number of nitrogens with zero attached hydrogens (tertiary/aromatic N) is 2. The molecule has 1 unspecified atom stereocenters. The zero-order valence-electron chi connectivity index (χ0n) is 12.8. The predicted molar refractivity (Wildman–Crippen MR) is 81.0 cm³/mol. The number of likely N-dealkylation sites (tertiary alicyclic amines) is 1. The molecular formula is C16H22N2O4. The second kappa shape index (κ2) is 7.89. The molecular weight excluding hydrogens is 284 g/mol. The second-order valence-corrected chi connectivity index (χ2v) is 5.43. The number of carboxylic acid groups (broad SMARTS) is 1. The molecule has 6 heteroatoms. The molecule has 1 aliphatic heterocycles. The molecule has 0 bridgehead atoms. The molecule has 2 heterocycles. The molecule has 6 nitrogen and oxygen atoms in total. The molecule has 2 rings (SSSR count). The third-order valence-electron chi connectivity index (χ3n) is 3.71. The van der Waals surface area contributed by atoms with Crippen LogP contribution in [0.15, 0.2) is 18.2 Å². The number of aromatic carboxylic acids is 1. The quantitative estimate of drug-likeness (QED) is 0.902. The number of rotatable bonds is 5. The van der Waals surface area contributed by atoms with Crippen molar-refractivity contribution < 1.29 is 19.4 Å². The molecule has 1 atom stereocenters. The van der Waals surface area contributed by atoms with Gasteiger partial charge in [-0.05, 0) is 37.8 Å². The number of hydrogen-bond donors (Lipinski definition) is 1. The Morgan fingerprint density at radius 2 is 2.09 bits per heavy atom. The summed E-state index contributed by atoms with van der Waals surface area (Å²) in [6.07, 6.45) is 3.84. The first kappa shape index (κ1) is 16.4. The van der Waals surface area contributed by atoms with Gasteiger partial charge in [0.05, 0.1) is 6.10 Å². The molecule has 1 aliphatic rings. The Hall–Kier alpha value is -1.95. The summed E-state index contributed by atoms with van der Waals surface area (Å²) in [6.45, 7) is 4.10. The van der Waals surface area contributed by atoms with Gasteiger partial charge in [0.15, 0.2) is 0 Å². The lowest BCUT2D eigenvalue weighted by Crippen LogP contribution is -2.33. The Balaban J connectivity index is 2.00. The Morgan fingerprint density at radius 1 is 1.32 bits per heavy atom. The average Bonchev–Trinajstić information content (AvgIpc) is 2.78. The van der Waals surface area contributed by atoms with Crippen LogP contribution < -0.4 is 0 Å². The van der Waals surface area contributed by atoms with Crippen LogP contribution >= 0.6 is 0 Å². The molecule has 0 aromatic carbocycles. The number of pyridine rings is 1. The minimum absolute atomic E-state index is 0.107. The number of carbonyl (C=O) groups excluding carboxylic acids is 1. The average molecular weight is 306 g/mol. The second-order valence-electron chi connectivity index (χ2n) is 5.43. The minimum Gasteiger partial charge on any atom is -0.477 e. The van der Waals surface area contributed by atoms with Gasteiger partial charge in [-0.25, -0.2) is 9.78 Å². The van der Waals surface area contributed by atoms with E-state index >= 15 is 0 Å². The molecule has 0 spiro atoms. The molecule has 1 saturated heterocycles. The van der Waals surface area contributed by atoms with Gasteiger partial charge in [-0.3, -0.25) is 4.79 Å². The van der Waals surface area contributed by atoms with Crippen LogP contribution in [0.3, 0.4) is 0 Å². The first-order chi connectivity index (χ1) is 10.6. The fourth-order valence-electron chi connectivity index (χ4n) is 2.55. The summed E-state index contributed by atoms with van der Waals surface area (Å²) in [6, 6.07) is 4.50. The fraction of sp³-hybridized carbons (Fsp3) is 0.562. The minimum atomic E-state index is -1.13. The van der Waals surface area contributed by atoms with E-state index in [9.17, 15) is 9.59 Å². The van der Waals surface area contributed by atoms with Crippen LogP contribution in [0, 0.1) is 0 Å². The molecule has 22 heavy (non-hydrogen) atoms. The van der Waals surface area contributed by atoms with Crippen LogP contribution in [0.2, 0.25) is 0 Å². The molecule has 0 aliphatic carbocycles. The normalized spacial score (nSPS) is 18.8. The van der Waals surface area contributed by atoms with Gasteiger partial charge in [0.25, 0.3) is 5.91 Å². The van der Waals surface area contributed by atoms with Gasteiger partial charge in [0.2, 0.25) is 0 Å². The van der Waals surface area contributed by atoms with Crippen molar-refractivity contribution in [1.82, 2.24) is 9.88 Å². The van der Waals surface area contributed by atoms with Gasteiger partial charge in [0.1, 0.15) is 11.4 Å². The first-order valence-electron chi connectivity index (χ1n) is 7.73. The zero-order valence-corrected chi connectivity index (χ0v) is 12.8. The van der Waals surface area contributed by atoms with E-state index < -0.39 is 5.97 Å². The number of amides is 1. The lowest BCUT2D eigenvalue weighted by atomic mass is 10.2.